The van der Waals surface area contributed by atoms with Gasteiger partial charge in [0.15, 0.2) is 0 Å². The van der Waals surface area contributed by atoms with Crippen LogP contribution in [0.25, 0.3) is 0 Å². The number of methoxy groups -OCH3 is 1. The molecular weight excluding hydrogens is 216 g/mol. The van der Waals surface area contributed by atoms with Crippen LogP contribution in [-0.2, 0) is 9.47 Å². The van der Waals surface area contributed by atoms with Crippen molar-refractivity contribution >= 4 is 5.97 Å². The second kappa shape index (κ2) is 4.25. The highest BCUT2D eigenvalue weighted by Gasteiger charge is 2.37. The Labute approximate surface area is 91.4 Å². The zero-order chi connectivity index (χ0) is 11.7. The van der Waals surface area contributed by atoms with E-state index in [-0.39, 0.29) is 12.4 Å². The molecule has 0 aromatic carbocycles. The molecule has 2 heterocycles. The van der Waals surface area contributed by atoms with Gasteiger partial charge in [-0.2, -0.15) is 0 Å². The fourth-order valence-electron chi connectivity index (χ4n) is 1.57. The number of aliphatic hydroxyl groups is 2. The Hall–Kier alpha value is -1.37. The van der Waals surface area contributed by atoms with E-state index in [2.05, 4.69) is 4.74 Å². The highest BCUT2D eigenvalue weighted by atomic mass is 16.6. The Morgan fingerprint density at radius 3 is 2.81 bits per heavy atom. The molecule has 0 amide bonds. The Bertz CT molecular complexity index is 384. The van der Waals surface area contributed by atoms with Crippen LogP contribution in [-0.4, -0.2) is 42.1 Å². The molecular formula is C10H12O6. The van der Waals surface area contributed by atoms with Crippen molar-refractivity contribution in [3.63, 3.8) is 0 Å². The van der Waals surface area contributed by atoms with Gasteiger partial charge in [-0.3, -0.25) is 0 Å². The molecule has 0 aliphatic carbocycles. The van der Waals surface area contributed by atoms with Crippen LogP contribution in [0.15, 0.2) is 16.5 Å². The molecule has 1 aromatic rings. The van der Waals surface area contributed by atoms with E-state index in [1.165, 1.54) is 19.2 Å². The topological polar surface area (TPSA) is 89.1 Å². The number of carbonyl (C=O) groups excluding carboxylic acids is 1. The van der Waals surface area contributed by atoms with Crippen LogP contribution in [0.5, 0.6) is 0 Å². The number of hydrogen-bond acceptors (Lipinski definition) is 6. The lowest BCUT2D eigenvalue weighted by Crippen LogP contribution is -2.24. The van der Waals surface area contributed by atoms with Crippen molar-refractivity contribution in [2.24, 2.45) is 0 Å². The number of hydrogen-bond donors (Lipinski definition) is 2. The molecule has 1 aliphatic heterocycles. The van der Waals surface area contributed by atoms with Crippen molar-refractivity contribution < 1.29 is 28.9 Å². The number of aliphatic hydroxyl groups excluding tert-OH is 2. The summed E-state index contributed by atoms with van der Waals surface area (Å²) in [5.41, 5.74) is 0. The predicted molar refractivity (Wildman–Crippen MR) is 50.8 cm³/mol. The molecule has 0 unspecified atom stereocenters. The van der Waals surface area contributed by atoms with Gasteiger partial charge in [0, 0.05) is 0 Å². The van der Waals surface area contributed by atoms with Gasteiger partial charge in [0.1, 0.15) is 24.1 Å². The minimum absolute atomic E-state index is 0.0367. The van der Waals surface area contributed by atoms with Crippen LogP contribution in [0.3, 0.4) is 0 Å². The molecule has 1 aromatic heterocycles. The first-order valence-electron chi connectivity index (χ1n) is 4.79. The monoisotopic (exact) mass is 228 g/mol. The maximum absolute atomic E-state index is 11.1. The van der Waals surface area contributed by atoms with Gasteiger partial charge in [-0.25, -0.2) is 4.79 Å². The van der Waals surface area contributed by atoms with Crippen LogP contribution >= 0.6 is 0 Å². The summed E-state index contributed by atoms with van der Waals surface area (Å²) >= 11 is 0. The van der Waals surface area contributed by atoms with Crippen molar-refractivity contribution in [3.8, 4) is 0 Å². The van der Waals surface area contributed by atoms with Gasteiger partial charge >= 0.3 is 5.97 Å². The van der Waals surface area contributed by atoms with E-state index in [1.807, 2.05) is 0 Å². The molecule has 2 N–H and O–H groups in total. The fourth-order valence-corrected chi connectivity index (χ4v) is 1.57. The van der Waals surface area contributed by atoms with Gasteiger partial charge in [-0.05, 0) is 12.1 Å². The molecule has 0 radical (unpaired) electrons. The van der Waals surface area contributed by atoms with Crippen LogP contribution in [0.2, 0.25) is 0 Å². The van der Waals surface area contributed by atoms with E-state index in [9.17, 15) is 15.0 Å². The van der Waals surface area contributed by atoms with Gasteiger partial charge in [-0.1, -0.05) is 0 Å². The second-order valence-electron chi connectivity index (χ2n) is 3.51. The molecule has 0 saturated carbocycles. The second-order valence-corrected chi connectivity index (χ2v) is 3.51. The SMILES string of the molecule is COC(=O)c1ccc([C@H]2OC[C@@H](O)[C@H]2O)o1. The number of carbonyl (C=O) groups is 1. The largest absolute Gasteiger partial charge is 0.463 e. The Morgan fingerprint density at radius 2 is 2.25 bits per heavy atom. The summed E-state index contributed by atoms with van der Waals surface area (Å²) in [6.07, 6.45) is -2.72. The zero-order valence-electron chi connectivity index (χ0n) is 8.62. The van der Waals surface area contributed by atoms with Crippen LogP contribution in [0, 0.1) is 0 Å². The van der Waals surface area contributed by atoms with Crippen molar-refractivity contribution in [1.29, 1.82) is 0 Å². The highest BCUT2D eigenvalue weighted by molar-refractivity contribution is 5.86. The lowest BCUT2D eigenvalue weighted by Gasteiger charge is -2.11. The van der Waals surface area contributed by atoms with Crippen LogP contribution < -0.4 is 0 Å². The molecule has 88 valence electrons. The van der Waals surface area contributed by atoms with Crippen molar-refractivity contribution in [2.45, 2.75) is 18.3 Å². The minimum Gasteiger partial charge on any atom is -0.463 e. The maximum atomic E-state index is 11.1. The average molecular weight is 228 g/mol. The van der Waals surface area contributed by atoms with Gasteiger partial charge in [0.05, 0.1) is 13.7 Å². The van der Waals surface area contributed by atoms with Crippen molar-refractivity contribution in [3.05, 3.63) is 23.7 Å². The van der Waals surface area contributed by atoms with Crippen molar-refractivity contribution in [1.82, 2.24) is 0 Å². The molecule has 16 heavy (non-hydrogen) atoms. The third-order valence-electron chi connectivity index (χ3n) is 2.44. The fraction of sp³-hybridized carbons (Fsp3) is 0.500. The summed E-state index contributed by atoms with van der Waals surface area (Å²) in [5, 5.41) is 18.8. The average Bonchev–Trinajstić information content (AvgIpc) is 2.87. The van der Waals surface area contributed by atoms with E-state index < -0.39 is 24.3 Å². The third kappa shape index (κ3) is 1.82. The third-order valence-corrected chi connectivity index (χ3v) is 2.44. The zero-order valence-corrected chi connectivity index (χ0v) is 8.62. The first kappa shape index (κ1) is 11.1. The smallest absolute Gasteiger partial charge is 0.373 e. The highest BCUT2D eigenvalue weighted by Crippen LogP contribution is 2.30. The van der Waals surface area contributed by atoms with Crippen LogP contribution in [0.1, 0.15) is 22.4 Å². The van der Waals surface area contributed by atoms with Crippen molar-refractivity contribution in [2.75, 3.05) is 13.7 Å². The molecule has 3 atom stereocenters. The maximum Gasteiger partial charge on any atom is 0.373 e. The van der Waals surface area contributed by atoms with Crippen LogP contribution in [0.4, 0.5) is 0 Å². The first-order valence-corrected chi connectivity index (χ1v) is 4.79. The molecule has 2 rings (SSSR count). The van der Waals surface area contributed by atoms with E-state index in [0.29, 0.717) is 5.76 Å². The normalized spacial score (nSPS) is 29.3. The number of rotatable bonds is 2. The van der Waals surface area contributed by atoms with Gasteiger partial charge in [0.25, 0.3) is 0 Å². The number of esters is 1. The molecule has 6 nitrogen and oxygen atoms in total. The summed E-state index contributed by atoms with van der Waals surface area (Å²) in [7, 11) is 1.25. The summed E-state index contributed by atoms with van der Waals surface area (Å²) in [6, 6.07) is 2.94. The first-order chi connectivity index (χ1) is 7.63. The van der Waals surface area contributed by atoms with E-state index in [1.54, 1.807) is 0 Å². The quantitative estimate of drug-likeness (QED) is 0.685. The van der Waals surface area contributed by atoms with E-state index in [0.717, 1.165) is 0 Å². The van der Waals surface area contributed by atoms with Gasteiger partial charge in [-0.15, -0.1) is 0 Å². The standard InChI is InChI=1S/C10H12O6/c1-14-10(13)7-3-2-6(16-7)9-8(12)5(11)4-15-9/h2-3,5,8-9,11-12H,4H2,1H3/t5-,8-,9-/m1/s1. The number of ether oxygens (including phenoxy) is 2. The minimum atomic E-state index is -1.04. The summed E-state index contributed by atoms with van der Waals surface area (Å²) < 4.78 is 14.8. The molecule has 1 aliphatic rings. The Kier molecular flexibility index (Phi) is 2.95. The lowest BCUT2D eigenvalue weighted by molar-refractivity contribution is 0.0108. The Morgan fingerprint density at radius 1 is 1.50 bits per heavy atom. The number of furan rings is 1. The Balaban J connectivity index is 2.16. The molecule has 1 fully saturated rings. The molecule has 6 heteroatoms. The predicted octanol–water partition coefficient (Wildman–Crippen LogP) is -0.141. The summed E-state index contributed by atoms with van der Waals surface area (Å²) in [6.45, 7) is 0.0418. The molecule has 0 bridgehead atoms. The van der Waals surface area contributed by atoms with Gasteiger partial charge in [0.2, 0.25) is 5.76 Å². The molecule has 0 spiro atoms. The lowest BCUT2D eigenvalue weighted by atomic mass is 10.1. The summed E-state index contributed by atoms with van der Waals surface area (Å²) in [5.74, 6) is -0.265. The van der Waals surface area contributed by atoms with E-state index in [4.69, 9.17) is 9.15 Å². The van der Waals surface area contributed by atoms with Gasteiger partial charge < -0.3 is 24.1 Å². The van der Waals surface area contributed by atoms with E-state index >= 15 is 0 Å². The summed E-state index contributed by atoms with van der Waals surface area (Å²) in [4.78, 5) is 11.1. The molecule has 1 saturated heterocycles.